The number of piperazine rings is 1. The largest absolute Gasteiger partial charge is 0.346 e. The molecule has 1 aliphatic carbocycles. The summed E-state index contributed by atoms with van der Waals surface area (Å²) in [6, 6.07) is 8.72. The van der Waals surface area contributed by atoms with Crippen LogP contribution in [0.2, 0.25) is 0 Å². The first-order valence-electron chi connectivity index (χ1n) is 9.11. The zero-order chi connectivity index (χ0) is 17.8. The summed E-state index contributed by atoms with van der Waals surface area (Å²) in [5.41, 5.74) is 2.40. The van der Waals surface area contributed by atoms with E-state index in [1.807, 2.05) is 0 Å². The van der Waals surface area contributed by atoms with Gasteiger partial charge in [0, 0.05) is 38.8 Å². The fourth-order valence-electron chi connectivity index (χ4n) is 3.13. The number of hydrogen-bond acceptors (Lipinski definition) is 4. The van der Waals surface area contributed by atoms with Crippen LogP contribution in [-0.4, -0.2) is 67.4 Å². The highest BCUT2D eigenvalue weighted by Crippen LogP contribution is 2.22. The summed E-state index contributed by atoms with van der Waals surface area (Å²) >= 11 is 0. The van der Waals surface area contributed by atoms with E-state index in [0.29, 0.717) is 6.54 Å². The van der Waals surface area contributed by atoms with Crippen LogP contribution in [0.3, 0.4) is 0 Å². The van der Waals surface area contributed by atoms with Gasteiger partial charge < -0.3 is 15.5 Å². The highest BCUT2D eigenvalue weighted by atomic mass is 16.2. The molecular formula is C19H28N4O2. The van der Waals surface area contributed by atoms with Crippen molar-refractivity contribution in [2.75, 3.05) is 39.8 Å². The Labute approximate surface area is 149 Å². The van der Waals surface area contributed by atoms with Crippen LogP contribution in [0.4, 0.5) is 0 Å². The van der Waals surface area contributed by atoms with Gasteiger partial charge in [0.25, 0.3) is 0 Å². The average Bonchev–Trinajstić information content (AvgIpc) is 3.41. The number of benzene rings is 1. The number of carbonyl (C=O) groups excluding carboxylic acids is 2. The third-order valence-corrected chi connectivity index (χ3v) is 5.02. The smallest absolute Gasteiger partial charge is 0.309 e. The summed E-state index contributed by atoms with van der Waals surface area (Å²) < 4.78 is 0. The lowest BCUT2D eigenvalue weighted by molar-refractivity contribution is -0.139. The second-order valence-corrected chi connectivity index (χ2v) is 7.22. The molecule has 0 radical (unpaired) electrons. The number of likely N-dealkylation sites (N-methyl/N-ethyl adjacent to an activating group) is 1. The van der Waals surface area contributed by atoms with Gasteiger partial charge in [0.1, 0.15) is 0 Å². The maximum absolute atomic E-state index is 12.1. The Morgan fingerprint density at radius 1 is 1.08 bits per heavy atom. The normalized spacial score (nSPS) is 20.1. The van der Waals surface area contributed by atoms with E-state index in [2.05, 4.69) is 58.7 Å². The average molecular weight is 344 g/mol. The second-order valence-electron chi connectivity index (χ2n) is 7.22. The molecule has 1 unspecified atom stereocenters. The van der Waals surface area contributed by atoms with Crippen LogP contribution in [-0.2, 0) is 9.59 Å². The second kappa shape index (κ2) is 7.97. The van der Waals surface area contributed by atoms with Gasteiger partial charge in [-0.2, -0.15) is 0 Å². The lowest BCUT2D eigenvalue weighted by atomic mass is 10.0. The van der Waals surface area contributed by atoms with Gasteiger partial charge in [0.05, 0.1) is 6.04 Å². The van der Waals surface area contributed by atoms with Crippen molar-refractivity contribution in [3.05, 3.63) is 35.4 Å². The van der Waals surface area contributed by atoms with Crippen LogP contribution in [0, 0.1) is 6.92 Å². The summed E-state index contributed by atoms with van der Waals surface area (Å²) in [6.45, 7) is 6.46. The molecule has 136 valence electrons. The minimum atomic E-state index is -0.530. The van der Waals surface area contributed by atoms with E-state index in [1.165, 1.54) is 11.1 Å². The molecule has 2 amide bonds. The van der Waals surface area contributed by atoms with Crippen LogP contribution in [0.1, 0.15) is 30.0 Å². The first-order valence-corrected chi connectivity index (χ1v) is 9.11. The number of nitrogens with zero attached hydrogens (tertiary/aromatic N) is 2. The molecule has 1 aromatic carbocycles. The molecule has 1 saturated carbocycles. The van der Waals surface area contributed by atoms with Crippen molar-refractivity contribution in [1.29, 1.82) is 0 Å². The Morgan fingerprint density at radius 2 is 1.72 bits per heavy atom. The molecule has 2 aliphatic rings. The van der Waals surface area contributed by atoms with Gasteiger partial charge in [-0.3, -0.25) is 14.5 Å². The van der Waals surface area contributed by atoms with Gasteiger partial charge in [0.2, 0.25) is 0 Å². The number of hydrogen-bond donors (Lipinski definition) is 2. The van der Waals surface area contributed by atoms with Crippen LogP contribution >= 0.6 is 0 Å². The van der Waals surface area contributed by atoms with Gasteiger partial charge in [0.15, 0.2) is 0 Å². The van der Waals surface area contributed by atoms with E-state index in [-0.39, 0.29) is 12.1 Å². The molecule has 1 aromatic rings. The molecule has 0 spiro atoms. The lowest BCUT2D eigenvalue weighted by Crippen LogP contribution is -2.49. The Bertz CT molecular complexity index is 604. The third kappa shape index (κ3) is 5.03. The van der Waals surface area contributed by atoms with Crippen LogP contribution in [0.5, 0.6) is 0 Å². The molecule has 0 bridgehead atoms. The third-order valence-electron chi connectivity index (χ3n) is 5.02. The molecule has 1 aliphatic heterocycles. The number of rotatable bonds is 5. The van der Waals surface area contributed by atoms with E-state index < -0.39 is 11.8 Å². The van der Waals surface area contributed by atoms with Crippen LogP contribution in [0.25, 0.3) is 0 Å². The summed E-state index contributed by atoms with van der Waals surface area (Å²) in [5, 5.41) is 5.57. The van der Waals surface area contributed by atoms with Gasteiger partial charge in [-0.15, -0.1) is 0 Å². The fraction of sp³-hybridized carbons (Fsp3) is 0.579. The standard InChI is InChI=1S/C19H28N4O2/c1-14-3-5-15(6-4-14)17(23-11-9-22(2)10-12-23)13-20-18(24)19(25)21-16-7-8-16/h3-6,16-17H,7-13H2,1-2H3,(H,20,24)(H,21,25). The van der Waals surface area contributed by atoms with E-state index in [1.54, 1.807) is 0 Å². The predicted octanol–water partition coefficient (Wildman–Crippen LogP) is 0.678. The monoisotopic (exact) mass is 344 g/mol. The zero-order valence-corrected chi connectivity index (χ0v) is 15.1. The van der Waals surface area contributed by atoms with Crippen LogP contribution in [0.15, 0.2) is 24.3 Å². The zero-order valence-electron chi connectivity index (χ0n) is 15.1. The summed E-state index contributed by atoms with van der Waals surface area (Å²) in [6.07, 6.45) is 1.96. The van der Waals surface area contributed by atoms with Crippen molar-refractivity contribution in [2.24, 2.45) is 0 Å². The van der Waals surface area contributed by atoms with E-state index in [9.17, 15) is 9.59 Å². The molecule has 2 fully saturated rings. The van der Waals surface area contributed by atoms with Gasteiger partial charge in [-0.1, -0.05) is 29.8 Å². The molecule has 2 N–H and O–H groups in total. The van der Waals surface area contributed by atoms with Crippen molar-refractivity contribution < 1.29 is 9.59 Å². The lowest BCUT2D eigenvalue weighted by Gasteiger charge is -2.38. The molecule has 6 heteroatoms. The Balaban J connectivity index is 1.64. The van der Waals surface area contributed by atoms with E-state index >= 15 is 0 Å². The number of aryl methyl sites for hydroxylation is 1. The number of amides is 2. The quantitative estimate of drug-likeness (QED) is 0.771. The summed E-state index contributed by atoms with van der Waals surface area (Å²) in [7, 11) is 2.13. The molecule has 25 heavy (non-hydrogen) atoms. The Kier molecular flexibility index (Phi) is 5.71. The summed E-state index contributed by atoms with van der Waals surface area (Å²) in [4.78, 5) is 28.6. The van der Waals surface area contributed by atoms with Gasteiger partial charge >= 0.3 is 11.8 Å². The molecule has 1 saturated heterocycles. The van der Waals surface area contributed by atoms with Crippen molar-refractivity contribution in [2.45, 2.75) is 31.8 Å². The first kappa shape index (κ1) is 17.9. The topological polar surface area (TPSA) is 64.7 Å². The molecule has 0 aromatic heterocycles. The summed E-state index contributed by atoms with van der Waals surface area (Å²) in [5.74, 6) is -1.04. The Morgan fingerprint density at radius 3 is 2.32 bits per heavy atom. The minimum Gasteiger partial charge on any atom is -0.346 e. The molecule has 1 atom stereocenters. The predicted molar refractivity (Wildman–Crippen MR) is 97.2 cm³/mol. The highest BCUT2D eigenvalue weighted by molar-refractivity contribution is 6.35. The number of nitrogens with one attached hydrogen (secondary N) is 2. The van der Waals surface area contributed by atoms with Crippen molar-refractivity contribution in [1.82, 2.24) is 20.4 Å². The molecule has 6 nitrogen and oxygen atoms in total. The maximum atomic E-state index is 12.1. The van der Waals surface area contributed by atoms with Crippen LogP contribution < -0.4 is 10.6 Å². The SMILES string of the molecule is Cc1ccc(C(CNC(=O)C(=O)NC2CC2)N2CCN(C)CC2)cc1. The maximum Gasteiger partial charge on any atom is 0.309 e. The van der Waals surface area contributed by atoms with Crippen molar-refractivity contribution in [3.8, 4) is 0 Å². The van der Waals surface area contributed by atoms with Gasteiger partial charge in [-0.25, -0.2) is 0 Å². The fourth-order valence-corrected chi connectivity index (χ4v) is 3.13. The molecule has 3 rings (SSSR count). The van der Waals surface area contributed by atoms with Crippen molar-refractivity contribution in [3.63, 3.8) is 0 Å². The van der Waals surface area contributed by atoms with E-state index in [0.717, 1.165) is 39.0 Å². The van der Waals surface area contributed by atoms with Gasteiger partial charge in [-0.05, 0) is 32.4 Å². The number of carbonyl (C=O) groups is 2. The Hall–Kier alpha value is -1.92. The minimum absolute atomic E-state index is 0.0898. The first-order chi connectivity index (χ1) is 12.0. The highest BCUT2D eigenvalue weighted by Gasteiger charge is 2.28. The molecular weight excluding hydrogens is 316 g/mol. The van der Waals surface area contributed by atoms with E-state index in [4.69, 9.17) is 0 Å². The van der Waals surface area contributed by atoms with Crippen molar-refractivity contribution >= 4 is 11.8 Å². The molecule has 1 heterocycles.